The van der Waals surface area contributed by atoms with E-state index in [1.54, 1.807) is 0 Å². The maximum Gasteiger partial charge on any atom is 0.223 e. The summed E-state index contributed by atoms with van der Waals surface area (Å²) in [5.74, 6) is 0.187. The Balaban J connectivity index is 1.73. The molecule has 1 aliphatic rings. The average molecular weight is 327 g/mol. The van der Waals surface area contributed by atoms with E-state index in [0.717, 1.165) is 23.4 Å². The Kier molecular flexibility index (Phi) is 5.00. The number of benzene rings is 1. The van der Waals surface area contributed by atoms with Gasteiger partial charge in [-0.25, -0.2) is 0 Å². The maximum absolute atomic E-state index is 12.9. The van der Waals surface area contributed by atoms with Crippen molar-refractivity contribution in [1.29, 1.82) is 0 Å². The Morgan fingerprint density at radius 3 is 2.83 bits per heavy atom. The monoisotopic (exact) mass is 327 g/mol. The predicted molar refractivity (Wildman–Crippen MR) is 92.8 cm³/mol. The normalized spacial score (nSPS) is 18.0. The Hall–Kier alpha value is -2.14. The molecule has 0 bridgehead atoms. The molecule has 1 saturated heterocycles. The minimum absolute atomic E-state index is 0.0399. The van der Waals surface area contributed by atoms with Gasteiger partial charge in [0.1, 0.15) is 0 Å². The topological polar surface area (TPSA) is 58.2 Å². The van der Waals surface area contributed by atoms with E-state index in [1.165, 1.54) is 11.1 Å². The van der Waals surface area contributed by atoms with Crippen LogP contribution in [0, 0.1) is 20.8 Å². The molecule has 5 heteroatoms. The Bertz CT molecular complexity index is 704. The summed E-state index contributed by atoms with van der Waals surface area (Å²) in [4.78, 5) is 14.8. The van der Waals surface area contributed by atoms with Gasteiger partial charge in [-0.3, -0.25) is 9.89 Å². The molecule has 0 spiro atoms. The van der Waals surface area contributed by atoms with E-state index in [-0.39, 0.29) is 11.9 Å². The highest BCUT2D eigenvalue weighted by atomic mass is 16.5. The number of aromatic amines is 1. The minimum Gasteiger partial charge on any atom is -0.377 e. The summed E-state index contributed by atoms with van der Waals surface area (Å²) in [6.07, 6.45) is 1.30. The summed E-state index contributed by atoms with van der Waals surface area (Å²) in [5.41, 5.74) is 5.54. The molecule has 0 saturated carbocycles. The number of ether oxygens (including phenoxy) is 1. The van der Waals surface area contributed by atoms with Crippen LogP contribution in [0.2, 0.25) is 0 Å². The first-order valence-electron chi connectivity index (χ1n) is 8.51. The van der Waals surface area contributed by atoms with Crippen LogP contribution in [-0.4, -0.2) is 40.8 Å². The van der Waals surface area contributed by atoms with Crippen molar-refractivity contribution in [2.75, 3.05) is 19.8 Å². The molecule has 2 heterocycles. The fraction of sp³-hybridized carbons (Fsp3) is 0.474. The van der Waals surface area contributed by atoms with Crippen molar-refractivity contribution in [3.05, 3.63) is 52.3 Å². The lowest BCUT2D eigenvalue weighted by molar-refractivity contribution is -0.140. The first-order valence-corrected chi connectivity index (χ1v) is 8.51. The number of carbonyl (C=O) groups excluding carboxylic acids is 1. The number of hydrogen-bond acceptors (Lipinski definition) is 3. The van der Waals surface area contributed by atoms with Crippen LogP contribution in [0.3, 0.4) is 0 Å². The van der Waals surface area contributed by atoms with Gasteiger partial charge in [-0.1, -0.05) is 24.3 Å². The van der Waals surface area contributed by atoms with E-state index in [1.807, 2.05) is 30.9 Å². The van der Waals surface area contributed by atoms with Crippen LogP contribution < -0.4 is 0 Å². The van der Waals surface area contributed by atoms with Crippen molar-refractivity contribution in [3.8, 4) is 0 Å². The zero-order valence-electron chi connectivity index (χ0n) is 14.6. The van der Waals surface area contributed by atoms with Crippen LogP contribution in [0.4, 0.5) is 0 Å². The molecule has 3 rings (SSSR count). The minimum atomic E-state index is -0.0399. The van der Waals surface area contributed by atoms with E-state index in [4.69, 9.17) is 4.74 Å². The highest BCUT2D eigenvalue weighted by molar-refractivity contribution is 5.77. The summed E-state index contributed by atoms with van der Waals surface area (Å²) in [7, 11) is 0. The smallest absolute Gasteiger partial charge is 0.223 e. The zero-order valence-corrected chi connectivity index (χ0v) is 14.6. The Morgan fingerprint density at radius 2 is 2.12 bits per heavy atom. The molecule has 0 unspecified atom stereocenters. The third-order valence-electron chi connectivity index (χ3n) is 4.84. The number of aromatic nitrogens is 2. The van der Waals surface area contributed by atoms with Crippen LogP contribution >= 0.6 is 0 Å². The van der Waals surface area contributed by atoms with Gasteiger partial charge < -0.3 is 9.64 Å². The number of hydrogen-bond donors (Lipinski definition) is 1. The number of rotatable bonds is 4. The summed E-state index contributed by atoms with van der Waals surface area (Å²) in [6.45, 7) is 7.85. The van der Waals surface area contributed by atoms with E-state index >= 15 is 0 Å². The lowest BCUT2D eigenvalue weighted by atomic mass is 10.0. The second-order valence-electron chi connectivity index (χ2n) is 6.45. The van der Waals surface area contributed by atoms with E-state index in [0.29, 0.717) is 26.2 Å². The van der Waals surface area contributed by atoms with Gasteiger partial charge >= 0.3 is 0 Å². The molecule has 24 heavy (non-hydrogen) atoms. The summed E-state index contributed by atoms with van der Waals surface area (Å²) in [5, 5.41) is 7.29. The number of nitrogens with zero attached hydrogens (tertiary/aromatic N) is 2. The molecule has 0 aliphatic carbocycles. The van der Waals surface area contributed by atoms with Crippen LogP contribution in [0.5, 0.6) is 0 Å². The fourth-order valence-electron chi connectivity index (χ4n) is 3.47. The maximum atomic E-state index is 12.9. The SMILES string of the molecule is Cc1ccccc1CCC(=O)N1CCOC[C@H]1c1c(C)n[nH]c1C. The second-order valence-corrected chi connectivity index (χ2v) is 6.45. The Morgan fingerprint density at radius 1 is 1.33 bits per heavy atom. The molecule has 1 aromatic carbocycles. The van der Waals surface area contributed by atoms with Crippen molar-refractivity contribution in [2.24, 2.45) is 0 Å². The average Bonchev–Trinajstić information content (AvgIpc) is 2.92. The van der Waals surface area contributed by atoms with Gasteiger partial charge in [0.25, 0.3) is 0 Å². The van der Waals surface area contributed by atoms with Gasteiger partial charge in [0.2, 0.25) is 5.91 Å². The van der Waals surface area contributed by atoms with Gasteiger partial charge in [-0.15, -0.1) is 0 Å². The van der Waals surface area contributed by atoms with E-state index < -0.39 is 0 Å². The molecule has 1 fully saturated rings. The molecular weight excluding hydrogens is 302 g/mol. The number of aryl methyl sites for hydroxylation is 4. The molecule has 0 radical (unpaired) electrons. The van der Waals surface area contributed by atoms with E-state index in [2.05, 4.69) is 29.3 Å². The summed E-state index contributed by atoms with van der Waals surface area (Å²) in [6, 6.07) is 8.22. The first-order chi connectivity index (χ1) is 11.6. The van der Waals surface area contributed by atoms with Crippen molar-refractivity contribution in [2.45, 2.75) is 39.7 Å². The van der Waals surface area contributed by atoms with Crippen molar-refractivity contribution in [1.82, 2.24) is 15.1 Å². The number of morpholine rings is 1. The van der Waals surface area contributed by atoms with Crippen LogP contribution in [0.1, 0.15) is 40.5 Å². The van der Waals surface area contributed by atoms with Gasteiger partial charge in [-0.2, -0.15) is 5.10 Å². The number of amides is 1. The standard InChI is InChI=1S/C19H25N3O2/c1-13-6-4-5-7-16(13)8-9-18(23)22-10-11-24-12-17(22)19-14(2)20-21-15(19)3/h4-7,17H,8-12H2,1-3H3,(H,20,21)/t17-/m0/s1. The molecule has 1 aliphatic heterocycles. The Labute approximate surface area is 143 Å². The van der Waals surface area contributed by atoms with Crippen molar-refractivity contribution in [3.63, 3.8) is 0 Å². The summed E-state index contributed by atoms with van der Waals surface area (Å²) >= 11 is 0. The summed E-state index contributed by atoms with van der Waals surface area (Å²) < 4.78 is 5.64. The molecule has 1 N–H and O–H groups in total. The van der Waals surface area contributed by atoms with Gasteiger partial charge in [0.05, 0.1) is 24.9 Å². The molecule has 2 aromatic rings. The lowest BCUT2D eigenvalue weighted by Crippen LogP contribution is -2.43. The second kappa shape index (κ2) is 7.18. The van der Waals surface area contributed by atoms with Gasteiger partial charge in [0, 0.05) is 24.2 Å². The van der Waals surface area contributed by atoms with Crippen LogP contribution in [0.25, 0.3) is 0 Å². The molecule has 128 valence electrons. The highest BCUT2D eigenvalue weighted by Crippen LogP contribution is 2.29. The third kappa shape index (κ3) is 3.36. The van der Waals surface area contributed by atoms with Crippen LogP contribution in [0.15, 0.2) is 24.3 Å². The zero-order chi connectivity index (χ0) is 17.1. The quantitative estimate of drug-likeness (QED) is 0.939. The number of nitrogens with one attached hydrogen (secondary N) is 1. The molecule has 1 amide bonds. The molecule has 5 nitrogen and oxygen atoms in total. The number of carbonyl (C=O) groups is 1. The molecule has 1 aromatic heterocycles. The number of H-pyrrole nitrogens is 1. The highest BCUT2D eigenvalue weighted by Gasteiger charge is 2.31. The molecule has 1 atom stereocenters. The van der Waals surface area contributed by atoms with Crippen molar-refractivity contribution < 1.29 is 9.53 Å². The first kappa shape index (κ1) is 16.7. The van der Waals surface area contributed by atoms with E-state index in [9.17, 15) is 4.79 Å². The van der Waals surface area contributed by atoms with Gasteiger partial charge in [0.15, 0.2) is 0 Å². The predicted octanol–water partition coefficient (Wildman–Crippen LogP) is 2.87. The molecular formula is C19H25N3O2. The van der Waals surface area contributed by atoms with Gasteiger partial charge in [-0.05, 0) is 38.3 Å². The largest absolute Gasteiger partial charge is 0.377 e. The third-order valence-corrected chi connectivity index (χ3v) is 4.84. The van der Waals surface area contributed by atoms with Crippen LogP contribution in [-0.2, 0) is 16.0 Å². The van der Waals surface area contributed by atoms with Crippen molar-refractivity contribution >= 4 is 5.91 Å². The lowest BCUT2D eigenvalue weighted by Gasteiger charge is -2.36. The fourth-order valence-corrected chi connectivity index (χ4v) is 3.47.